The van der Waals surface area contributed by atoms with Crippen LogP contribution in [0.3, 0.4) is 0 Å². The minimum Gasteiger partial charge on any atom is -0.379 e. The van der Waals surface area contributed by atoms with E-state index >= 15 is 0 Å². The number of aryl methyl sites for hydroxylation is 1. The van der Waals surface area contributed by atoms with Crippen LogP contribution < -0.4 is 11.1 Å². The lowest BCUT2D eigenvalue weighted by atomic mass is 9.99. The molecule has 5 nitrogen and oxygen atoms in total. The van der Waals surface area contributed by atoms with Gasteiger partial charge in [0.1, 0.15) is 5.54 Å². The summed E-state index contributed by atoms with van der Waals surface area (Å²) < 4.78 is 5.14. The molecule has 1 fully saturated rings. The van der Waals surface area contributed by atoms with Gasteiger partial charge in [-0.2, -0.15) is 0 Å². The zero-order chi connectivity index (χ0) is 11.6. The summed E-state index contributed by atoms with van der Waals surface area (Å²) >= 11 is 0. The third-order valence-corrected chi connectivity index (χ3v) is 2.66. The van der Waals surface area contributed by atoms with Crippen molar-refractivity contribution in [1.29, 1.82) is 0 Å². The van der Waals surface area contributed by atoms with E-state index in [1.807, 2.05) is 6.92 Å². The minimum absolute atomic E-state index is 0.199. The van der Waals surface area contributed by atoms with Gasteiger partial charge in [-0.1, -0.05) is 0 Å². The summed E-state index contributed by atoms with van der Waals surface area (Å²) in [6.07, 6.45) is 2.21. The molecule has 0 aromatic carbocycles. The maximum atomic E-state index is 11.9. The van der Waals surface area contributed by atoms with Crippen molar-refractivity contribution in [2.75, 3.05) is 18.5 Å². The fraction of sp³-hybridized carbons (Fsp3) is 0.455. The van der Waals surface area contributed by atoms with Crippen molar-refractivity contribution in [3.8, 4) is 0 Å². The molecule has 1 aliphatic heterocycles. The molecule has 0 radical (unpaired) electrons. The summed E-state index contributed by atoms with van der Waals surface area (Å²) in [7, 11) is 0. The van der Waals surface area contributed by atoms with E-state index in [9.17, 15) is 4.79 Å². The summed E-state index contributed by atoms with van der Waals surface area (Å²) in [5.41, 5.74) is 6.61. The van der Waals surface area contributed by atoms with Crippen LogP contribution in [0.5, 0.6) is 0 Å². The van der Waals surface area contributed by atoms with E-state index in [0.29, 0.717) is 18.7 Å². The Balaban J connectivity index is 2.07. The molecule has 1 amide bonds. The molecular formula is C11H15N3O2. The van der Waals surface area contributed by atoms with Crippen LogP contribution in [0.1, 0.15) is 12.1 Å². The van der Waals surface area contributed by atoms with E-state index in [1.165, 1.54) is 0 Å². The molecule has 1 unspecified atom stereocenters. The minimum atomic E-state index is -0.892. The average molecular weight is 221 g/mol. The fourth-order valence-electron chi connectivity index (χ4n) is 1.64. The lowest BCUT2D eigenvalue weighted by molar-refractivity contribution is -0.121. The first-order valence-corrected chi connectivity index (χ1v) is 5.21. The summed E-state index contributed by atoms with van der Waals surface area (Å²) in [4.78, 5) is 16.0. The van der Waals surface area contributed by atoms with Crippen LogP contribution in [0.15, 0.2) is 18.3 Å². The monoisotopic (exact) mass is 221 g/mol. The number of hydrogen-bond donors (Lipinski definition) is 2. The Morgan fingerprint density at radius 1 is 1.69 bits per heavy atom. The molecule has 0 saturated carbocycles. The van der Waals surface area contributed by atoms with Gasteiger partial charge in [0, 0.05) is 24.2 Å². The Morgan fingerprint density at radius 2 is 2.50 bits per heavy atom. The predicted molar refractivity (Wildman–Crippen MR) is 60.0 cm³/mol. The largest absolute Gasteiger partial charge is 0.379 e. The average Bonchev–Trinajstić information content (AvgIpc) is 2.66. The number of nitrogens with two attached hydrogens (primary N) is 1. The van der Waals surface area contributed by atoms with Gasteiger partial charge in [-0.05, 0) is 25.5 Å². The second kappa shape index (κ2) is 4.19. The number of amides is 1. The van der Waals surface area contributed by atoms with Crippen LogP contribution >= 0.6 is 0 Å². The van der Waals surface area contributed by atoms with Crippen LogP contribution in [0.25, 0.3) is 0 Å². The first-order valence-electron chi connectivity index (χ1n) is 5.21. The Bertz CT molecular complexity index is 400. The Labute approximate surface area is 94.0 Å². The second-order valence-electron chi connectivity index (χ2n) is 4.10. The van der Waals surface area contributed by atoms with E-state index in [1.54, 1.807) is 18.3 Å². The Kier molecular flexibility index (Phi) is 2.89. The number of pyridine rings is 1. The van der Waals surface area contributed by atoms with Crippen molar-refractivity contribution in [3.63, 3.8) is 0 Å². The van der Waals surface area contributed by atoms with Crippen molar-refractivity contribution >= 4 is 11.6 Å². The number of rotatable bonds is 2. The lowest BCUT2D eigenvalue weighted by Crippen LogP contribution is -2.51. The summed E-state index contributed by atoms with van der Waals surface area (Å²) in [5, 5.41) is 2.78. The first kappa shape index (κ1) is 11.0. The van der Waals surface area contributed by atoms with E-state index in [4.69, 9.17) is 10.5 Å². The number of aromatic nitrogens is 1. The molecule has 1 aromatic rings. The van der Waals surface area contributed by atoms with Gasteiger partial charge in [0.05, 0.1) is 6.61 Å². The molecular weight excluding hydrogens is 206 g/mol. The van der Waals surface area contributed by atoms with E-state index in [2.05, 4.69) is 10.3 Å². The molecule has 0 spiro atoms. The predicted octanol–water partition coefficient (Wildman–Crippen LogP) is 0.446. The van der Waals surface area contributed by atoms with Crippen LogP contribution in [-0.4, -0.2) is 29.6 Å². The van der Waals surface area contributed by atoms with Crippen molar-refractivity contribution in [2.24, 2.45) is 5.73 Å². The molecule has 2 rings (SSSR count). The highest BCUT2D eigenvalue weighted by Crippen LogP contribution is 2.18. The van der Waals surface area contributed by atoms with Crippen molar-refractivity contribution in [1.82, 2.24) is 4.98 Å². The summed E-state index contributed by atoms with van der Waals surface area (Å²) in [5.74, 6) is -0.199. The molecule has 1 aliphatic rings. The van der Waals surface area contributed by atoms with Crippen molar-refractivity contribution < 1.29 is 9.53 Å². The smallest absolute Gasteiger partial charge is 0.246 e. The number of nitrogens with zero attached hydrogens (tertiary/aromatic N) is 1. The van der Waals surface area contributed by atoms with Gasteiger partial charge in [-0.3, -0.25) is 9.78 Å². The third kappa shape index (κ3) is 2.20. The molecule has 1 aromatic heterocycles. The molecule has 0 bridgehead atoms. The molecule has 86 valence electrons. The van der Waals surface area contributed by atoms with Gasteiger partial charge in [0.2, 0.25) is 5.91 Å². The first-order chi connectivity index (χ1) is 7.60. The maximum absolute atomic E-state index is 11.9. The third-order valence-electron chi connectivity index (χ3n) is 2.66. The molecule has 1 atom stereocenters. The van der Waals surface area contributed by atoms with Gasteiger partial charge in [-0.15, -0.1) is 0 Å². The highest BCUT2D eigenvalue weighted by Gasteiger charge is 2.38. The highest BCUT2D eigenvalue weighted by molar-refractivity contribution is 5.98. The van der Waals surface area contributed by atoms with Crippen LogP contribution in [0, 0.1) is 6.92 Å². The Hall–Kier alpha value is -1.46. The van der Waals surface area contributed by atoms with Crippen molar-refractivity contribution in [3.05, 3.63) is 24.0 Å². The number of hydrogen-bond acceptors (Lipinski definition) is 4. The van der Waals surface area contributed by atoms with E-state index in [-0.39, 0.29) is 12.5 Å². The SMILES string of the molecule is Cc1cc(NC(=O)C2(N)CCOC2)ccn1. The normalized spacial score (nSPS) is 24.4. The van der Waals surface area contributed by atoms with Gasteiger partial charge in [0.15, 0.2) is 0 Å². The summed E-state index contributed by atoms with van der Waals surface area (Å²) in [6, 6.07) is 3.54. The van der Waals surface area contributed by atoms with E-state index in [0.717, 1.165) is 5.69 Å². The number of anilines is 1. The number of ether oxygens (including phenoxy) is 1. The van der Waals surface area contributed by atoms with E-state index < -0.39 is 5.54 Å². The number of carbonyl (C=O) groups is 1. The Morgan fingerprint density at radius 3 is 3.12 bits per heavy atom. The number of carbonyl (C=O) groups excluding carboxylic acids is 1. The molecule has 5 heteroatoms. The second-order valence-corrected chi connectivity index (χ2v) is 4.10. The topological polar surface area (TPSA) is 77.2 Å². The zero-order valence-corrected chi connectivity index (χ0v) is 9.19. The molecule has 3 N–H and O–H groups in total. The van der Waals surface area contributed by atoms with Gasteiger partial charge in [0.25, 0.3) is 0 Å². The van der Waals surface area contributed by atoms with Gasteiger partial charge in [-0.25, -0.2) is 0 Å². The number of nitrogens with one attached hydrogen (secondary N) is 1. The maximum Gasteiger partial charge on any atom is 0.246 e. The van der Waals surface area contributed by atoms with Crippen molar-refractivity contribution in [2.45, 2.75) is 18.9 Å². The van der Waals surface area contributed by atoms with Crippen LogP contribution in [0.2, 0.25) is 0 Å². The standard InChI is InChI=1S/C11H15N3O2/c1-8-6-9(2-4-13-8)14-10(15)11(12)3-5-16-7-11/h2,4,6H,3,5,7,12H2,1H3,(H,13,14,15). The zero-order valence-electron chi connectivity index (χ0n) is 9.19. The highest BCUT2D eigenvalue weighted by atomic mass is 16.5. The summed E-state index contributed by atoms with van der Waals surface area (Å²) in [6.45, 7) is 2.69. The van der Waals surface area contributed by atoms with Crippen LogP contribution in [0.4, 0.5) is 5.69 Å². The molecule has 1 saturated heterocycles. The van der Waals surface area contributed by atoms with Crippen LogP contribution in [-0.2, 0) is 9.53 Å². The van der Waals surface area contributed by atoms with Gasteiger partial charge < -0.3 is 15.8 Å². The lowest BCUT2D eigenvalue weighted by Gasteiger charge is -2.20. The fourth-order valence-corrected chi connectivity index (χ4v) is 1.64. The quantitative estimate of drug-likeness (QED) is 0.760. The van der Waals surface area contributed by atoms with Gasteiger partial charge >= 0.3 is 0 Å². The molecule has 0 aliphatic carbocycles. The molecule has 16 heavy (non-hydrogen) atoms. The molecule has 2 heterocycles.